The van der Waals surface area contributed by atoms with E-state index in [1.165, 1.54) is 0 Å². The van der Waals surface area contributed by atoms with Crippen molar-refractivity contribution in [1.82, 2.24) is 26.6 Å². The van der Waals surface area contributed by atoms with E-state index in [4.69, 9.17) is 5.73 Å². The van der Waals surface area contributed by atoms with Gasteiger partial charge in [0, 0.05) is 13.0 Å². The summed E-state index contributed by atoms with van der Waals surface area (Å²) in [6, 6.07) is -3.29. The van der Waals surface area contributed by atoms with Crippen LogP contribution in [0, 0.1) is 29.6 Å². The maximum absolute atomic E-state index is 13.5. The molecule has 0 rings (SSSR count). The van der Waals surface area contributed by atoms with Crippen molar-refractivity contribution in [2.24, 2.45) is 35.3 Å². The molecule has 0 heterocycles. The smallest absolute Gasteiger partial charge is 0.243 e. The van der Waals surface area contributed by atoms with Gasteiger partial charge >= 0.3 is 0 Å². The fraction of sp³-hybridized carbons (Fsp3) is 0.853. The van der Waals surface area contributed by atoms with E-state index in [0.717, 1.165) is 6.42 Å². The van der Waals surface area contributed by atoms with Crippen LogP contribution >= 0.6 is 0 Å². The van der Waals surface area contributed by atoms with Gasteiger partial charge in [-0.3, -0.25) is 24.0 Å². The van der Waals surface area contributed by atoms with E-state index >= 15 is 0 Å². The zero-order valence-electron chi connectivity index (χ0n) is 30.2. The lowest BCUT2D eigenvalue weighted by Gasteiger charge is -2.31. The van der Waals surface area contributed by atoms with Gasteiger partial charge in [0.1, 0.15) is 18.1 Å². The molecule has 12 heteroatoms. The molecule has 0 bridgehead atoms. The van der Waals surface area contributed by atoms with E-state index < -0.39 is 48.0 Å². The van der Waals surface area contributed by atoms with Gasteiger partial charge in [-0.25, -0.2) is 0 Å². The lowest BCUT2D eigenvalue weighted by molar-refractivity contribution is -0.134. The highest BCUT2D eigenvalue weighted by Crippen LogP contribution is 2.14. The molecule has 12 nitrogen and oxygen atoms in total. The Balaban J connectivity index is 5.65. The summed E-state index contributed by atoms with van der Waals surface area (Å²) in [6.45, 7) is 20.1. The minimum Gasteiger partial charge on any atom is -0.390 e. The fourth-order valence-corrected chi connectivity index (χ4v) is 4.96. The van der Waals surface area contributed by atoms with Crippen molar-refractivity contribution in [3.05, 3.63) is 0 Å². The van der Waals surface area contributed by atoms with Crippen LogP contribution in [0.15, 0.2) is 0 Å². The molecule has 0 aromatic rings. The largest absolute Gasteiger partial charge is 0.390 e. The SMILES string of the molecule is CC(C)CCNC(=O)[C@H](CCCCN)NC(=O)C[C@H](O)[C@H](CC(C)C)NC(=O)[C@@H](NC(=O)[C@@H](NC(=O)CC(C)C)C(C)C)C(C)C. The Hall–Kier alpha value is -2.73. The highest BCUT2D eigenvalue weighted by atomic mass is 16.3. The number of nitrogens with one attached hydrogen (secondary N) is 5. The van der Waals surface area contributed by atoms with E-state index in [9.17, 15) is 29.1 Å². The van der Waals surface area contributed by atoms with Gasteiger partial charge in [-0.2, -0.15) is 0 Å². The maximum atomic E-state index is 13.5. The number of nitrogens with two attached hydrogens (primary N) is 1. The van der Waals surface area contributed by atoms with Crippen LogP contribution in [0.3, 0.4) is 0 Å². The van der Waals surface area contributed by atoms with E-state index in [1.54, 1.807) is 13.8 Å². The van der Waals surface area contributed by atoms with Gasteiger partial charge in [-0.15, -0.1) is 0 Å². The van der Waals surface area contributed by atoms with Crippen LogP contribution < -0.4 is 32.3 Å². The molecular weight excluding hydrogens is 588 g/mol. The summed E-state index contributed by atoms with van der Waals surface area (Å²) in [5.74, 6) is -1.85. The molecule has 0 aromatic carbocycles. The minimum atomic E-state index is -1.23. The molecule has 0 aromatic heterocycles. The molecule has 5 amide bonds. The van der Waals surface area contributed by atoms with Crippen molar-refractivity contribution in [1.29, 1.82) is 0 Å². The molecule has 0 aliphatic rings. The van der Waals surface area contributed by atoms with Crippen molar-refractivity contribution in [3.8, 4) is 0 Å². The highest BCUT2D eigenvalue weighted by molar-refractivity contribution is 5.92. The summed E-state index contributed by atoms with van der Waals surface area (Å²) in [7, 11) is 0. The lowest BCUT2D eigenvalue weighted by atomic mass is 9.95. The molecule has 5 atom stereocenters. The van der Waals surface area contributed by atoms with Gasteiger partial charge in [-0.1, -0.05) is 69.2 Å². The molecule has 268 valence electrons. The zero-order valence-corrected chi connectivity index (χ0v) is 30.2. The molecule has 0 radical (unpaired) electrons. The standard InChI is InChI=1S/C34H66N6O6/c1-20(2)14-16-36-32(44)25(13-11-12-15-35)37-29(43)19-27(41)26(17-21(3)4)38-33(45)31(24(9)10)40-34(46)30(23(7)8)39-28(42)18-22(5)6/h20-27,30-31,41H,11-19,35H2,1-10H3,(H,36,44)(H,37,43)(H,38,45)(H,39,42)(H,40,46)/t25-,26-,27-,30-,31-/m0/s1. The van der Waals surface area contributed by atoms with E-state index in [0.29, 0.717) is 44.7 Å². The summed E-state index contributed by atoms with van der Waals surface area (Å²) in [5, 5.41) is 25.3. The van der Waals surface area contributed by atoms with E-state index in [2.05, 4.69) is 40.4 Å². The normalized spacial score (nSPS) is 15.0. The van der Waals surface area contributed by atoms with Crippen LogP contribution in [0.2, 0.25) is 0 Å². The average Bonchev–Trinajstić information content (AvgIpc) is 2.92. The summed E-state index contributed by atoms with van der Waals surface area (Å²) in [5.41, 5.74) is 5.62. The Morgan fingerprint density at radius 3 is 1.65 bits per heavy atom. The third-order valence-electron chi connectivity index (χ3n) is 7.64. The second-order valence-electron chi connectivity index (χ2n) is 14.5. The van der Waals surface area contributed by atoms with Crippen molar-refractivity contribution >= 4 is 29.5 Å². The molecule has 0 spiro atoms. The lowest BCUT2D eigenvalue weighted by Crippen LogP contribution is -2.59. The number of unbranched alkanes of at least 4 members (excludes halogenated alkanes) is 1. The Kier molecular flexibility index (Phi) is 21.4. The maximum Gasteiger partial charge on any atom is 0.243 e. The first-order chi connectivity index (χ1) is 21.4. The molecular formula is C34H66N6O6. The van der Waals surface area contributed by atoms with E-state index in [-0.39, 0.29) is 48.3 Å². The number of hydrogen-bond donors (Lipinski definition) is 7. The Bertz CT molecular complexity index is 939. The van der Waals surface area contributed by atoms with Crippen molar-refractivity contribution < 1.29 is 29.1 Å². The number of rotatable bonds is 23. The summed E-state index contributed by atoms with van der Waals surface area (Å²) in [6.07, 6.45) is 1.72. The predicted octanol–water partition coefficient (Wildman–Crippen LogP) is 2.37. The topological polar surface area (TPSA) is 192 Å². The van der Waals surface area contributed by atoms with Gasteiger partial charge in [-0.05, 0) is 68.2 Å². The summed E-state index contributed by atoms with van der Waals surface area (Å²) >= 11 is 0. The molecule has 0 saturated heterocycles. The predicted molar refractivity (Wildman–Crippen MR) is 182 cm³/mol. The number of aliphatic hydroxyl groups is 1. The highest BCUT2D eigenvalue weighted by Gasteiger charge is 2.33. The van der Waals surface area contributed by atoms with Gasteiger partial charge in [0.25, 0.3) is 0 Å². The van der Waals surface area contributed by atoms with Crippen molar-refractivity contribution in [2.45, 2.75) is 144 Å². The molecule has 0 fully saturated rings. The van der Waals surface area contributed by atoms with Crippen molar-refractivity contribution in [3.63, 3.8) is 0 Å². The van der Waals surface area contributed by atoms with E-state index in [1.807, 2.05) is 41.5 Å². The van der Waals surface area contributed by atoms with Gasteiger partial charge in [0.15, 0.2) is 0 Å². The first-order valence-corrected chi connectivity index (χ1v) is 17.2. The quantitative estimate of drug-likeness (QED) is 0.0823. The van der Waals surface area contributed by atoms with Crippen LogP contribution in [-0.4, -0.2) is 78.0 Å². The number of amides is 5. The Morgan fingerprint density at radius 2 is 1.15 bits per heavy atom. The third kappa shape index (κ3) is 18.4. The number of carbonyl (C=O) groups is 5. The molecule has 46 heavy (non-hydrogen) atoms. The first-order valence-electron chi connectivity index (χ1n) is 17.2. The number of aliphatic hydroxyl groups excluding tert-OH is 1. The molecule has 0 saturated carbocycles. The summed E-state index contributed by atoms with van der Waals surface area (Å²) < 4.78 is 0. The Labute approximate surface area is 277 Å². The fourth-order valence-electron chi connectivity index (χ4n) is 4.96. The second-order valence-corrected chi connectivity index (χ2v) is 14.5. The average molecular weight is 655 g/mol. The van der Waals surface area contributed by atoms with Gasteiger partial charge in [0.05, 0.1) is 18.6 Å². The molecule has 0 aliphatic heterocycles. The van der Waals surface area contributed by atoms with Crippen LogP contribution in [0.1, 0.15) is 114 Å². The number of hydrogen-bond acceptors (Lipinski definition) is 7. The molecule has 8 N–H and O–H groups in total. The Morgan fingerprint density at radius 1 is 0.609 bits per heavy atom. The van der Waals surface area contributed by atoms with Crippen LogP contribution in [0.5, 0.6) is 0 Å². The van der Waals surface area contributed by atoms with Gasteiger partial charge in [0.2, 0.25) is 29.5 Å². The number of carbonyl (C=O) groups excluding carboxylic acids is 5. The monoisotopic (exact) mass is 655 g/mol. The molecule has 0 unspecified atom stereocenters. The van der Waals surface area contributed by atoms with Gasteiger partial charge < -0.3 is 37.4 Å². The van der Waals surface area contributed by atoms with Crippen LogP contribution in [0.4, 0.5) is 0 Å². The third-order valence-corrected chi connectivity index (χ3v) is 7.64. The van der Waals surface area contributed by atoms with Crippen LogP contribution in [-0.2, 0) is 24.0 Å². The van der Waals surface area contributed by atoms with Crippen LogP contribution in [0.25, 0.3) is 0 Å². The van der Waals surface area contributed by atoms with Crippen molar-refractivity contribution in [2.75, 3.05) is 13.1 Å². The zero-order chi connectivity index (χ0) is 35.6. The molecule has 0 aliphatic carbocycles. The minimum absolute atomic E-state index is 0.0762. The summed E-state index contributed by atoms with van der Waals surface area (Å²) in [4.78, 5) is 65.1. The first kappa shape index (κ1) is 43.3. The second kappa shape index (κ2) is 22.7.